The van der Waals surface area contributed by atoms with Crippen molar-refractivity contribution < 1.29 is 0 Å². The van der Waals surface area contributed by atoms with Crippen LogP contribution in [-0.2, 0) is 0 Å². The molecule has 0 saturated carbocycles. The second-order valence-corrected chi connectivity index (χ2v) is 4.29. The Morgan fingerprint density at radius 3 is 2.82 bits per heavy atom. The van der Waals surface area contributed by atoms with Crippen molar-refractivity contribution in [1.82, 2.24) is 9.78 Å². The number of nitrogens with zero attached hydrogens (tertiary/aromatic N) is 2. The number of fused-ring (bicyclic) bond motifs is 1. The zero-order valence-corrected chi connectivity index (χ0v) is 9.72. The fourth-order valence-corrected chi connectivity index (χ4v) is 2.05. The first-order chi connectivity index (χ1) is 8.24. The maximum atomic E-state index is 5.94. The first-order valence-corrected chi connectivity index (χ1v) is 5.61. The summed E-state index contributed by atoms with van der Waals surface area (Å²) in [5, 5.41) is 6.08. The number of nitrogen functional groups attached to an aromatic ring is 1. The highest BCUT2D eigenvalue weighted by atomic mass is 35.5. The molecule has 3 rings (SSSR count). The third-order valence-corrected chi connectivity index (χ3v) is 2.88. The van der Waals surface area contributed by atoms with Crippen molar-refractivity contribution in [3.05, 3.63) is 53.7 Å². The maximum absolute atomic E-state index is 5.94. The molecule has 84 valence electrons. The van der Waals surface area contributed by atoms with E-state index < -0.39 is 0 Å². The third kappa shape index (κ3) is 1.74. The molecule has 2 N–H and O–H groups in total. The van der Waals surface area contributed by atoms with Gasteiger partial charge in [-0.1, -0.05) is 17.7 Å². The van der Waals surface area contributed by atoms with Crippen LogP contribution < -0.4 is 5.73 Å². The van der Waals surface area contributed by atoms with Gasteiger partial charge in [-0.3, -0.25) is 0 Å². The SMILES string of the molecule is Nc1cccc(-n2ncc3cc(Cl)ccc32)c1. The second-order valence-electron chi connectivity index (χ2n) is 3.85. The number of nitrogens with two attached hydrogens (primary N) is 1. The summed E-state index contributed by atoms with van der Waals surface area (Å²) in [6, 6.07) is 13.3. The van der Waals surface area contributed by atoms with Gasteiger partial charge < -0.3 is 5.73 Å². The van der Waals surface area contributed by atoms with E-state index in [1.807, 2.05) is 47.1 Å². The zero-order chi connectivity index (χ0) is 11.8. The molecule has 0 aliphatic heterocycles. The summed E-state index contributed by atoms with van der Waals surface area (Å²) in [4.78, 5) is 0. The highest BCUT2D eigenvalue weighted by Gasteiger charge is 2.05. The summed E-state index contributed by atoms with van der Waals surface area (Å²) in [5.74, 6) is 0. The Bertz CT molecular complexity index is 688. The molecule has 0 aliphatic rings. The van der Waals surface area contributed by atoms with Gasteiger partial charge in [0.1, 0.15) is 0 Å². The monoisotopic (exact) mass is 243 g/mol. The lowest BCUT2D eigenvalue weighted by atomic mass is 10.2. The predicted molar refractivity (Wildman–Crippen MR) is 70.5 cm³/mol. The quantitative estimate of drug-likeness (QED) is 0.667. The van der Waals surface area contributed by atoms with Crippen LogP contribution in [0.1, 0.15) is 0 Å². The molecule has 0 fully saturated rings. The second kappa shape index (κ2) is 3.79. The molecule has 0 unspecified atom stereocenters. The van der Waals surface area contributed by atoms with Gasteiger partial charge in [0.05, 0.1) is 17.4 Å². The Hall–Kier alpha value is -2.00. The Kier molecular flexibility index (Phi) is 2.27. The van der Waals surface area contributed by atoms with E-state index in [0.717, 1.165) is 22.3 Å². The minimum Gasteiger partial charge on any atom is -0.399 e. The van der Waals surface area contributed by atoms with Crippen molar-refractivity contribution in [1.29, 1.82) is 0 Å². The fourth-order valence-electron chi connectivity index (χ4n) is 1.87. The van der Waals surface area contributed by atoms with Crippen molar-refractivity contribution in [2.24, 2.45) is 0 Å². The number of benzene rings is 2. The molecule has 3 aromatic rings. The molecule has 3 nitrogen and oxygen atoms in total. The third-order valence-electron chi connectivity index (χ3n) is 2.64. The van der Waals surface area contributed by atoms with Crippen LogP contribution in [0.3, 0.4) is 0 Å². The number of hydrogen-bond acceptors (Lipinski definition) is 2. The van der Waals surface area contributed by atoms with Gasteiger partial charge in [-0.15, -0.1) is 0 Å². The minimum absolute atomic E-state index is 0.713. The number of halogens is 1. The lowest BCUT2D eigenvalue weighted by Gasteiger charge is -2.04. The van der Waals surface area contributed by atoms with Gasteiger partial charge in [0.25, 0.3) is 0 Å². The van der Waals surface area contributed by atoms with E-state index in [9.17, 15) is 0 Å². The summed E-state index contributed by atoms with van der Waals surface area (Å²) in [7, 11) is 0. The largest absolute Gasteiger partial charge is 0.399 e. The fraction of sp³-hybridized carbons (Fsp3) is 0. The molecular weight excluding hydrogens is 234 g/mol. The molecule has 0 saturated heterocycles. The van der Waals surface area contributed by atoms with Crippen molar-refractivity contribution >= 4 is 28.2 Å². The van der Waals surface area contributed by atoms with E-state index in [2.05, 4.69) is 5.10 Å². The molecule has 0 bridgehead atoms. The van der Waals surface area contributed by atoms with Gasteiger partial charge >= 0.3 is 0 Å². The molecule has 2 aromatic carbocycles. The van der Waals surface area contributed by atoms with E-state index in [1.54, 1.807) is 6.20 Å². The first-order valence-electron chi connectivity index (χ1n) is 5.23. The number of hydrogen-bond donors (Lipinski definition) is 1. The molecule has 0 radical (unpaired) electrons. The minimum atomic E-state index is 0.713. The normalized spacial score (nSPS) is 10.9. The van der Waals surface area contributed by atoms with Crippen LogP contribution in [0.2, 0.25) is 5.02 Å². The van der Waals surface area contributed by atoms with E-state index in [0.29, 0.717) is 5.02 Å². The average molecular weight is 244 g/mol. The van der Waals surface area contributed by atoms with Gasteiger partial charge in [-0.2, -0.15) is 5.10 Å². The Labute approximate surface area is 103 Å². The van der Waals surface area contributed by atoms with E-state index >= 15 is 0 Å². The smallest absolute Gasteiger partial charge is 0.0742 e. The molecule has 4 heteroatoms. The Balaban J connectivity index is 2.24. The van der Waals surface area contributed by atoms with Crippen LogP contribution >= 0.6 is 11.6 Å². The van der Waals surface area contributed by atoms with E-state index in [1.165, 1.54) is 0 Å². The maximum Gasteiger partial charge on any atom is 0.0742 e. The summed E-state index contributed by atoms with van der Waals surface area (Å²) in [6.07, 6.45) is 1.80. The molecule has 0 spiro atoms. The van der Waals surface area contributed by atoms with Crippen molar-refractivity contribution in [3.63, 3.8) is 0 Å². The molecule has 0 atom stereocenters. The van der Waals surface area contributed by atoms with E-state index in [-0.39, 0.29) is 0 Å². The number of rotatable bonds is 1. The van der Waals surface area contributed by atoms with Gasteiger partial charge in [0, 0.05) is 16.1 Å². The van der Waals surface area contributed by atoms with E-state index in [4.69, 9.17) is 17.3 Å². The van der Waals surface area contributed by atoms with Crippen molar-refractivity contribution in [3.8, 4) is 5.69 Å². The summed E-state index contributed by atoms with van der Waals surface area (Å²) < 4.78 is 1.85. The summed E-state index contributed by atoms with van der Waals surface area (Å²) >= 11 is 5.94. The Morgan fingerprint density at radius 1 is 1.12 bits per heavy atom. The van der Waals surface area contributed by atoms with Crippen LogP contribution in [-0.4, -0.2) is 9.78 Å². The van der Waals surface area contributed by atoms with Crippen LogP contribution in [0.25, 0.3) is 16.6 Å². The lowest BCUT2D eigenvalue weighted by Crippen LogP contribution is -1.96. The van der Waals surface area contributed by atoms with Crippen molar-refractivity contribution in [2.45, 2.75) is 0 Å². The highest BCUT2D eigenvalue weighted by Crippen LogP contribution is 2.22. The lowest BCUT2D eigenvalue weighted by molar-refractivity contribution is 0.911. The van der Waals surface area contributed by atoms with Crippen LogP contribution in [0.4, 0.5) is 5.69 Å². The standard InChI is InChI=1S/C13H10ClN3/c14-10-4-5-13-9(6-10)8-16-17(13)12-3-1-2-11(15)7-12/h1-8H,15H2. The number of aromatic nitrogens is 2. The molecule has 0 amide bonds. The van der Waals surface area contributed by atoms with Crippen molar-refractivity contribution in [2.75, 3.05) is 5.73 Å². The van der Waals surface area contributed by atoms with Crippen LogP contribution in [0.5, 0.6) is 0 Å². The highest BCUT2D eigenvalue weighted by molar-refractivity contribution is 6.31. The average Bonchev–Trinajstić information content (AvgIpc) is 2.71. The molecule has 1 heterocycles. The first kappa shape index (κ1) is 10.2. The molecule has 0 aliphatic carbocycles. The van der Waals surface area contributed by atoms with Crippen LogP contribution in [0, 0.1) is 0 Å². The predicted octanol–water partition coefficient (Wildman–Crippen LogP) is 3.26. The molecular formula is C13H10ClN3. The Morgan fingerprint density at radius 2 is 2.00 bits per heavy atom. The summed E-state index contributed by atoms with van der Waals surface area (Å²) in [6.45, 7) is 0. The van der Waals surface area contributed by atoms with Crippen LogP contribution in [0.15, 0.2) is 48.7 Å². The molecule has 1 aromatic heterocycles. The zero-order valence-electron chi connectivity index (χ0n) is 8.97. The van der Waals surface area contributed by atoms with Gasteiger partial charge in [-0.05, 0) is 36.4 Å². The topological polar surface area (TPSA) is 43.8 Å². The van der Waals surface area contributed by atoms with Gasteiger partial charge in [0.2, 0.25) is 0 Å². The summed E-state index contributed by atoms with van der Waals surface area (Å²) in [5.41, 5.74) is 8.45. The van der Waals surface area contributed by atoms with Gasteiger partial charge in [-0.25, -0.2) is 4.68 Å². The number of anilines is 1. The molecule has 17 heavy (non-hydrogen) atoms. The van der Waals surface area contributed by atoms with Gasteiger partial charge in [0.15, 0.2) is 0 Å².